The fraction of sp³-hybridized carbons (Fsp3) is 0.143. The number of fused-ring (bicyclic) bond motifs is 1. The van der Waals surface area contributed by atoms with Crippen LogP contribution in [-0.4, -0.2) is 23.3 Å². The molecule has 3 aromatic rings. The van der Waals surface area contributed by atoms with E-state index in [-0.39, 0.29) is 29.7 Å². The molecule has 1 atom stereocenters. The lowest BCUT2D eigenvalue weighted by Crippen LogP contribution is -2.38. The van der Waals surface area contributed by atoms with Crippen molar-refractivity contribution >= 4 is 28.3 Å². The third-order valence-corrected chi connectivity index (χ3v) is 4.38. The van der Waals surface area contributed by atoms with Crippen LogP contribution in [0.3, 0.4) is 0 Å². The van der Waals surface area contributed by atoms with E-state index in [1.54, 1.807) is 0 Å². The summed E-state index contributed by atoms with van der Waals surface area (Å²) >= 11 is 0. The molecule has 0 saturated carbocycles. The monoisotopic (exact) mass is 377 g/mol. The molecule has 0 aliphatic heterocycles. The van der Waals surface area contributed by atoms with E-state index in [1.165, 1.54) is 24.3 Å². The molecule has 0 heterocycles. The molecule has 0 saturated heterocycles. The van der Waals surface area contributed by atoms with Gasteiger partial charge < -0.3 is 10.6 Å². The van der Waals surface area contributed by atoms with E-state index in [2.05, 4.69) is 10.6 Å². The molecule has 3 rings (SSSR count). The van der Waals surface area contributed by atoms with E-state index in [9.17, 15) is 19.7 Å². The Morgan fingerprint density at radius 1 is 1.00 bits per heavy atom. The largest absolute Gasteiger partial charge is 0.348 e. The molecule has 142 valence electrons. The fourth-order valence-corrected chi connectivity index (χ4v) is 2.88. The van der Waals surface area contributed by atoms with Gasteiger partial charge in [0.05, 0.1) is 17.5 Å². The van der Waals surface area contributed by atoms with Gasteiger partial charge in [0.25, 0.3) is 11.6 Å². The van der Waals surface area contributed by atoms with Crippen LogP contribution >= 0.6 is 0 Å². The molecule has 3 aromatic carbocycles. The molecule has 7 nitrogen and oxygen atoms in total. The number of hydrogen-bond acceptors (Lipinski definition) is 4. The van der Waals surface area contributed by atoms with Crippen molar-refractivity contribution in [2.24, 2.45) is 0 Å². The van der Waals surface area contributed by atoms with Crippen molar-refractivity contribution in [1.29, 1.82) is 0 Å². The zero-order valence-corrected chi connectivity index (χ0v) is 15.2. The number of nitrogens with zero attached hydrogens (tertiary/aromatic N) is 1. The van der Waals surface area contributed by atoms with Gasteiger partial charge in [0.2, 0.25) is 5.91 Å². The Morgan fingerprint density at radius 3 is 2.50 bits per heavy atom. The number of nitro benzene ring substituents is 1. The van der Waals surface area contributed by atoms with Gasteiger partial charge >= 0.3 is 0 Å². The molecule has 7 heteroatoms. The Kier molecular flexibility index (Phi) is 5.64. The molecule has 0 aliphatic rings. The van der Waals surface area contributed by atoms with Crippen LogP contribution in [0, 0.1) is 10.1 Å². The lowest BCUT2D eigenvalue weighted by atomic mass is 10.0. The van der Waals surface area contributed by atoms with Gasteiger partial charge in [-0.2, -0.15) is 0 Å². The van der Waals surface area contributed by atoms with Crippen molar-refractivity contribution in [2.75, 3.05) is 6.54 Å². The summed E-state index contributed by atoms with van der Waals surface area (Å²) in [6.07, 6.45) is 0. The highest BCUT2D eigenvalue weighted by Crippen LogP contribution is 2.20. The summed E-state index contributed by atoms with van der Waals surface area (Å²) in [5.41, 5.74) is 0.906. The number of nitro groups is 1. The van der Waals surface area contributed by atoms with Gasteiger partial charge in [0.15, 0.2) is 0 Å². The van der Waals surface area contributed by atoms with Gasteiger partial charge in [0, 0.05) is 17.7 Å². The number of amides is 2. The van der Waals surface area contributed by atoms with Crippen LogP contribution in [-0.2, 0) is 4.79 Å². The Labute approximate surface area is 161 Å². The first kappa shape index (κ1) is 19.0. The molecule has 2 N–H and O–H groups in total. The van der Waals surface area contributed by atoms with Crippen LogP contribution in [0.2, 0.25) is 0 Å². The second-order valence-electron chi connectivity index (χ2n) is 6.39. The third kappa shape index (κ3) is 4.50. The predicted octanol–water partition coefficient (Wildman–Crippen LogP) is 3.36. The van der Waals surface area contributed by atoms with Gasteiger partial charge in [0.1, 0.15) is 0 Å². The van der Waals surface area contributed by atoms with Crippen LogP contribution in [0.25, 0.3) is 10.8 Å². The van der Waals surface area contributed by atoms with Crippen LogP contribution in [0.1, 0.15) is 28.9 Å². The summed E-state index contributed by atoms with van der Waals surface area (Å²) in [5, 5.41) is 18.3. The highest BCUT2D eigenvalue weighted by atomic mass is 16.6. The maximum Gasteiger partial charge on any atom is 0.270 e. The van der Waals surface area contributed by atoms with Crippen molar-refractivity contribution in [3.63, 3.8) is 0 Å². The van der Waals surface area contributed by atoms with Gasteiger partial charge in [-0.25, -0.2) is 0 Å². The Hall–Kier alpha value is -3.74. The maximum atomic E-state index is 12.2. The van der Waals surface area contributed by atoms with Gasteiger partial charge in [-0.15, -0.1) is 0 Å². The average molecular weight is 377 g/mol. The van der Waals surface area contributed by atoms with Crippen molar-refractivity contribution in [1.82, 2.24) is 10.6 Å². The molecule has 0 radical (unpaired) electrons. The summed E-state index contributed by atoms with van der Waals surface area (Å²) in [7, 11) is 0. The second kappa shape index (κ2) is 8.30. The molecular weight excluding hydrogens is 358 g/mol. The Morgan fingerprint density at radius 2 is 1.75 bits per heavy atom. The third-order valence-electron chi connectivity index (χ3n) is 4.38. The van der Waals surface area contributed by atoms with Crippen LogP contribution < -0.4 is 10.6 Å². The highest BCUT2D eigenvalue weighted by molar-refractivity contribution is 5.97. The number of carbonyl (C=O) groups excluding carboxylic acids is 2. The fourth-order valence-electron chi connectivity index (χ4n) is 2.88. The topological polar surface area (TPSA) is 101 Å². The zero-order valence-electron chi connectivity index (χ0n) is 15.2. The van der Waals surface area contributed by atoms with E-state index < -0.39 is 10.8 Å². The molecule has 2 amide bonds. The Balaban J connectivity index is 1.58. The zero-order chi connectivity index (χ0) is 20.1. The number of nitrogens with one attached hydrogen (secondary N) is 2. The van der Waals surface area contributed by atoms with Crippen molar-refractivity contribution in [3.05, 3.63) is 88.0 Å². The molecule has 0 spiro atoms. The summed E-state index contributed by atoms with van der Waals surface area (Å²) in [4.78, 5) is 34.5. The van der Waals surface area contributed by atoms with Gasteiger partial charge in [-0.3, -0.25) is 19.7 Å². The van der Waals surface area contributed by atoms with Crippen molar-refractivity contribution in [3.8, 4) is 0 Å². The normalized spacial score (nSPS) is 11.6. The molecule has 0 aliphatic carbocycles. The Bertz CT molecular complexity index is 1050. The van der Waals surface area contributed by atoms with E-state index in [0.717, 1.165) is 16.3 Å². The lowest BCUT2D eigenvalue weighted by molar-refractivity contribution is -0.384. The maximum absolute atomic E-state index is 12.2. The first-order valence-corrected chi connectivity index (χ1v) is 8.75. The second-order valence-corrected chi connectivity index (χ2v) is 6.39. The molecule has 28 heavy (non-hydrogen) atoms. The van der Waals surface area contributed by atoms with Crippen molar-refractivity contribution in [2.45, 2.75) is 13.0 Å². The molecule has 0 fully saturated rings. The molecule has 0 bridgehead atoms. The molecule has 1 unspecified atom stereocenters. The lowest BCUT2D eigenvalue weighted by Gasteiger charge is -2.15. The average Bonchev–Trinajstić information content (AvgIpc) is 2.71. The number of benzene rings is 3. The van der Waals surface area contributed by atoms with Crippen molar-refractivity contribution < 1.29 is 14.5 Å². The number of hydrogen-bond donors (Lipinski definition) is 2. The van der Waals surface area contributed by atoms with Gasteiger partial charge in [-0.1, -0.05) is 42.5 Å². The minimum atomic E-state index is -0.575. The first-order chi connectivity index (χ1) is 13.4. The smallest absolute Gasteiger partial charge is 0.270 e. The summed E-state index contributed by atoms with van der Waals surface area (Å²) < 4.78 is 0. The molecular formula is C21H19N3O4. The van der Waals surface area contributed by atoms with E-state index in [0.29, 0.717) is 0 Å². The SMILES string of the molecule is CC(NC(=O)CNC(=O)c1cccc([N+](=O)[O-])c1)c1ccc2ccccc2c1. The van der Waals surface area contributed by atoms with Crippen LogP contribution in [0.5, 0.6) is 0 Å². The number of rotatable bonds is 6. The van der Waals surface area contributed by atoms with E-state index in [1.807, 2.05) is 49.4 Å². The van der Waals surface area contributed by atoms with E-state index in [4.69, 9.17) is 0 Å². The number of non-ortho nitro benzene ring substituents is 1. The summed E-state index contributed by atoms with van der Waals surface area (Å²) in [5.74, 6) is -0.892. The van der Waals surface area contributed by atoms with Crippen LogP contribution in [0.4, 0.5) is 5.69 Å². The van der Waals surface area contributed by atoms with Gasteiger partial charge in [-0.05, 0) is 35.4 Å². The quantitative estimate of drug-likeness (QED) is 0.508. The van der Waals surface area contributed by atoms with E-state index >= 15 is 0 Å². The minimum Gasteiger partial charge on any atom is -0.348 e. The summed E-state index contributed by atoms with van der Waals surface area (Å²) in [6.45, 7) is 1.64. The highest BCUT2D eigenvalue weighted by Gasteiger charge is 2.14. The van der Waals surface area contributed by atoms with Crippen LogP contribution in [0.15, 0.2) is 66.7 Å². The number of carbonyl (C=O) groups is 2. The first-order valence-electron chi connectivity index (χ1n) is 8.75. The summed E-state index contributed by atoms with van der Waals surface area (Å²) in [6, 6.07) is 19.0. The molecule has 0 aromatic heterocycles. The standard InChI is InChI=1S/C21H19N3O4/c1-14(16-10-9-15-5-2-3-6-17(15)11-16)23-20(25)13-22-21(26)18-7-4-8-19(12-18)24(27)28/h2-12,14H,13H2,1H3,(H,22,26)(H,23,25). The minimum absolute atomic E-state index is 0.129. The predicted molar refractivity (Wildman–Crippen MR) is 106 cm³/mol.